The molecule has 0 saturated carbocycles. The number of amides is 3. The van der Waals surface area contributed by atoms with E-state index in [-0.39, 0.29) is 29.9 Å². The fraction of sp³-hybridized carbons (Fsp3) is 0.667. The lowest BCUT2D eigenvalue weighted by Gasteiger charge is -2.35. The third-order valence-electron chi connectivity index (χ3n) is 5.65. The van der Waals surface area contributed by atoms with Crippen LogP contribution in [-0.4, -0.2) is 43.0 Å². The van der Waals surface area contributed by atoms with Gasteiger partial charge < -0.3 is 20.4 Å². The fourth-order valence-corrected chi connectivity index (χ4v) is 3.49. The van der Waals surface area contributed by atoms with Crippen LogP contribution in [0.1, 0.15) is 66.9 Å². The van der Waals surface area contributed by atoms with Crippen molar-refractivity contribution in [1.29, 1.82) is 0 Å². The zero-order valence-corrected chi connectivity index (χ0v) is 20.4. The number of carbonyl (C=O) groups excluding carboxylic acids is 2. The van der Waals surface area contributed by atoms with Crippen LogP contribution in [0, 0.1) is 11.8 Å². The number of anilines is 2. The van der Waals surface area contributed by atoms with Crippen LogP contribution < -0.4 is 15.5 Å². The maximum absolute atomic E-state index is 13.4. The monoisotopic (exact) mass is 418 g/mol. The summed E-state index contributed by atoms with van der Waals surface area (Å²) in [4.78, 5) is 29.6. The van der Waals surface area contributed by atoms with Crippen LogP contribution in [-0.2, 0) is 11.3 Å². The van der Waals surface area contributed by atoms with Gasteiger partial charge in [-0.25, -0.2) is 4.79 Å². The molecular weight excluding hydrogens is 376 g/mol. The van der Waals surface area contributed by atoms with Crippen LogP contribution in [0.2, 0.25) is 0 Å². The van der Waals surface area contributed by atoms with Gasteiger partial charge in [-0.1, -0.05) is 27.7 Å². The Morgan fingerprint density at radius 3 is 2.07 bits per heavy atom. The van der Waals surface area contributed by atoms with E-state index < -0.39 is 0 Å². The number of rotatable bonds is 10. The first-order chi connectivity index (χ1) is 14.0. The van der Waals surface area contributed by atoms with Gasteiger partial charge in [0.25, 0.3) is 0 Å². The van der Waals surface area contributed by atoms with E-state index in [2.05, 4.69) is 45.3 Å². The molecule has 1 aromatic carbocycles. The number of hydrogen-bond acceptors (Lipinski definition) is 3. The minimum Gasteiger partial charge on any atom is -0.377 e. The van der Waals surface area contributed by atoms with Crippen molar-refractivity contribution in [3.05, 3.63) is 23.8 Å². The first-order valence-corrected chi connectivity index (χ1v) is 11.2. The number of nitrogens with one attached hydrogen (secondary N) is 2. The second-order valence-electron chi connectivity index (χ2n) is 8.96. The molecule has 0 bridgehead atoms. The van der Waals surface area contributed by atoms with Crippen molar-refractivity contribution in [2.75, 3.05) is 24.3 Å². The highest BCUT2D eigenvalue weighted by molar-refractivity contribution is 5.90. The summed E-state index contributed by atoms with van der Waals surface area (Å²) >= 11 is 0. The molecule has 0 aliphatic carbocycles. The number of urea groups is 1. The van der Waals surface area contributed by atoms with Crippen LogP contribution >= 0.6 is 0 Å². The summed E-state index contributed by atoms with van der Waals surface area (Å²) in [5.41, 5.74) is 2.79. The zero-order chi connectivity index (χ0) is 23.0. The van der Waals surface area contributed by atoms with E-state index in [1.165, 1.54) is 0 Å². The smallest absolute Gasteiger partial charge is 0.319 e. The molecule has 0 fully saturated rings. The SMILES string of the molecule is CCC(CC)C(=O)N(Cc1cc(NC(=O)NC(C)C)ccc1N(C)C)[C@H](C)C(C)C. The lowest BCUT2D eigenvalue weighted by atomic mass is 9.97. The predicted octanol–water partition coefficient (Wildman–Crippen LogP) is 5.09. The van der Waals surface area contributed by atoms with E-state index in [4.69, 9.17) is 0 Å². The second kappa shape index (κ2) is 11.8. The summed E-state index contributed by atoms with van der Waals surface area (Å²) in [7, 11) is 3.99. The largest absolute Gasteiger partial charge is 0.377 e. The summed E-state index contributed by atoms with van der Waals surface area (Å²) in [6, 6.07) is 5.83. The zero-order valence-electron chi connectivity index (χ0n) is 20.4. The highest BCUT2D eigenvalue weighted by Gasteiger charge is 2.28. The number of benzene rings is 1. The van der Waals surface area contributed by atoms with Crippen LogP contribution in [0.3, 0.4) is 0 Å². The summed E-state index contributed by atoms with van der Waals surface area (Å²) in [6.45, 7) is 14.9. The molecule has 1 atom stereocenters. The average molecular weight is 419 g/mol. The first kappa shape index (κ1) is 25.8. The second-order valence-corrected chi connectivity index (χ2v) is 8.96. The van der Waals surface area contributed by atoms with E-state index in [1.54, 1.807) is 0 Å². The van der Waals surface area contributed by atoms with Gasteiger partial charge in [-0.2, -0.15) is 0 Å². The number of nitrogens with zero attached hydrogens (tertiary/aromatic N) is 2. The fourth-order valence-electron chi connectivity index (χ4n) is 3.49. The van der Waals surface area contributed by atoms with E-state index in [0.717, 1.165) is 29.8 Å². The molecule has 1 aromatic rings. The molecule has 170 valence electrons. The van der Waals surface area contributed by atoms with E-state index in [1.807, 2.05) is 55.9 Å². The van der Waals surface area contributed by atoms with Crippen molar-refractivity contribution in [1.82, 2.24) is 10.2 Å². The average Bonchev–Trinajstić information content (AvgIpc) is 2.65. The van der Waals surface area contributed by atoms with Gasteiger partial charge in [-0.15, -0.1) is 0 Å². The lowest BCUT2D eigenvalue weighted by Crippen LogP contribution is -2.44. The third-order valence-corrected chi connectivity index (χ3v) is 5.65. The molecule has 2 N–H and O–H groups in total. The van der Waals surface area contributed by atoms with Crippen molar-refractivity contribution < 1.29 is 9.59 Å². The van der Waals surface area contributed by atoms with E-state index in [9.17, 15) is 9.59 Å². The number of hydrogen-bond donors (Lipinski definition) is 2. The standard InChI is InChI=1S/C24H42N4O2/c1-10-19(11-2)23(29)28(18(7)16(3)4)15-20-14-21(12-13-22(20)27(8)9)26-24(30)25-17(5)6/h12-14,16-19H,10-11,15H2,1-9H3,(H2,25,26,30)/t18-/m1/s1. The molecule has 0 aliphatic rings. The molecule has 0 aliphatic heterocycles. The minimum absolute atomic E-state index is 0.0344. The van der Waals surface area contributed by atoms with Gasteiger partial charge in [0, 0.05) is 50.0 Å². The molecule has 6 nitrogen and oxygen atoms in total. The van der Waals surface area contributed by atoms with Crippen molar-refractivity contribution in [2.45, 2.75) is 79.9 Å². The Hall–Kier alpha value is -2.24. The summed E-state index contributed by atoms with van der Waals surface area (Å²) in [5.74, 6) is 0.596. The third kappa shape index (κ3) is 7.22. The lowest BCUT2D eigenvalue weighted by molar-refractivity contribution is -0.139. The quantitative estimate of drug-likeness (QED) is 0.556. The molecule has 6 heteroatoms. The Balaban J connectivity index is 3.29. The Kier molecular flexibility index (Phi) is 10.2. The molecule has 30 heavy (non-hydrogen) atoms. The normalized spacial score (nSPS) is 12.3. The van der Waals surface area contributed by atoms with E-state index in [0.29, 0.717) is 12.5 Å². The van der Waals surface area contributed by atoms with Gasteiger partial charge >= 0.3 is 6.03 Å². The van der Waals surface area contributed by atoms with Crippen molar-refractivity contribution in [3.63, 3.8) is 0 Å². The van der Waals surface area contributed by atoms with Gasteiger partial charge in [0.1, 0.15) is 0 Å². The molecule has 1 rings (SSSR count). The summed E-state index contributed by atoms with van der Waals surface area (Å²) in [5, 5.41) is 5.75. The Morgan fingerprint density at radius 1 is 1.00 bits per heavy atom. The van der Waals surface area contributed by atoms with Crippen LogP contribution in [0.5, 0.6) is 0 Å². The molecule has 0 aromatic heterocycles. The number of carbonyl (C=O) groups is 2. The minimum atomic E-state index is -0.228. The molecule has 0 heterocycles. The van der Waals surface area contributed by atoms with Crippen LogP contribution in [0.4, 0.5) is 16.2 Å². The molecule has 0 saturated heterocycles. The van der Waals surface area contributed by atoms with Crippen LogP contribution in [0.25, 0.3) is 0 Å². The maximum atomic E-state index is 13.4. The van der Waals surface area contributed by atoms with E-state index >= 15 is 0 Å². The van der Waals surface area contributed by atoms with Crippen LogP contribution in [0.15, 0.2) is 18.2 Å². The predicted molar refractivity (Wildman–Crippen MR) is 127 cm³/mol. The summed E-state index contributed by atoms with van der Waals surface area (Å²) in [6.07, 6.45) is 1.68. The van der Waals surface area contributed by atoms with Gasteiger partial charge in [0.15, 0.2) is 0 Å². The molecule has 3 amide bonds. The van der Waals surface area contributed by atoms with Crippen molar-refractivity contribution in [2.24, 2.45) is 11.8 Å². The van der Waals surface area contributed by atoms with Crippen molar-refractivity contribution in [3.8, 4) is 0 Å². The molecular formula is C24H42N4O2. The Morgan fingerprint density at radius 2 is 1.60 bits per heavy atom. The van der Waals surface area contributed by atoms with Gasteiger partial charge in [-0.05, 0) is 63.3 Å². The Labute approximate surface area is 183 Å². The highest BCUT2D eigenvalue weighted by atomic mass is 16.2. The first-order valence-electron chi connectivity index (χ1n) is 11.2. The van der Waals surface area contributed by atoms with Gasteiger partial charge in [0.2, 0.25) is 5.91 Å². The van der Waals surface area contributed by atoms with Gasteiger partial charge in [0.05, 0.1) is 0 Å². The summed E-state index contributed by atoms with van der Waals surface area (Å²) < 4.78 is 0. The highest BCUT2D eigenvalue weighted by Crippen LogP contribution is 2.28. The van der Waals surface area contributed by atoms with Gasteiger partial charge in [-0.3, -0.25) is 4.79 Å². The van der Waals surface area contributed by atoms with Crippen molar-refractivity contribution >= 4 is 23.3 Å². The maximum Gasteiger partial charge on any atom is 0.319 e. The molecule has 0 spiro atoms. The Bertz CT molecular complexity index is 696. The molecule has 0 unspecified atom stereocenters. The molecule has 0 radical (unpaired) electrons. The topological polar surface area (TPSA) is 64.7 Å².